The van der Waals surface area contributed by atoms with Gasteiger partial charge in [0.25, 0.3) is 5.91 Å². The first-order chi connectivity index (χ1) is 7.91. The van der Waals surface area contributed by atoms with Gasteiger partial charge in [-0.3, -0.25) is 4.79 Å². The van der Waals surface area contributed by atoms with Gasteiger partial charge in [-0.05, 0) is 24.3 Å². The molecular weight excluding hydrogens is 333 g/mol. The molecule has 0 aliphatic heterocycles. The lowest BCUT2D eigenvalue weighted by Gasteiger charge is -2.04. The average molecular weight is 339 g/mol. The highest BCUT2D eigenvalue weighted by atomic mass is 79.9. The number of rotatable bonds is 3. The van der Waals surface area contributed by atoms with Crippen LogP contribution in [-0.2, 0) is 9.59 Å². The maximum atomic E-state index is 11.5. The van der Waals surface area contributed by atoms with Gasteiger partial charge in [0.05, 0.1) is 0 Å². The number of hydrogen-bond donors (Lipinski definition) is 2. The summed E-state index contributed by atoms with van der Waals surface area (Å²) in [5, 5.41) is 9.66. The van der Waals surface area contributed by atoms with Crippen molar-refractivity contribution in [2.24, 2.45) is 0 Å². The molecular formula is C10H6BrCl2NO3. The number of carboxylic acid groups (broad SMARTS) is 1. The van der Waals surface area contributed by atoms with E-state index in [2.05, 4.69) is 21.2 Å². The topological polar surface area (TPSA) is 66.4 Å². The third-order valence-electron chi connectivity index (χ3n) is 1.68. The Hall–Kier alpha value is -1.04. The summed E-state index contributed by atoms with van der Waals surface area (Å²) < 4.78 is 0.848. The van der Waals surface area contributed by atoms with E-state index in [4.69, 9.17) is 28.3 Å². The van der Waals surface area contributed by atoms with Crippen LogP contribution in [0.2, 0.25) is 0 Å². The fraction of sp³-hybridized carbons (Fsp3) is 0. The summed E-state index contributed by atoms with van der Waals surface area (Å²) in [6.45, 7) is 0. The molecule has 0 heterocycles. The minimum Gasteiger partial charge on any atom is -0.477 e. The Morgan fingerprint density at radius 3 is 2.12 bits per heavy atom. The van der Waals surface area contributed by atoms with Crippen molar-refractivity contribution < 1.29 is 14.7 Å². The van der Waals surface area contributed by atoms with Crippen molar-refractivity contribution in [1.29, 1.82) is 0 Å². The summed E-state index contributed by atoms with van der Waals surface area (Å²) in [6.07, 6.45) is 0. The van der Waals surface area contributed by atoms with Gasteiger partial charge in [-0.25, -0.2) is 4.79 Å². The SMILES string of the molecule is O=C(O)/C(Cl)=C(\Cl)C(=O)Nc1ccc(Br)cc1. The van der Waals surface area contributed by atoms with E-state index in [0.29, 0.717) is 5.69 Å². The van der Waals surface area contributed by atoms with Crippen molar-refractivity contribution in [3.63, 3.8) is 0 Å². The second-order valence-corrected chi connectivity index (χ2v) is 4.57. The van der Waals surface area contributed by atoms with E-state index in [9.17, 15) is 9.59 Å². The van der Waals surface area contributed by atoms with Crippen LogP contribution in [0.25, 0.3) is 0 Å². The minimum atomic E-state index is -1.46. The Bertz CT molecular complexity index is 485. The van der Waals surface area contributed by atoms with Crippen LogP contribution in [-0.4, -0.2) is 17.0 Å². The Morgan fingerprint density at radius 2 is 1.65 bits per heavy atom. The number of amides is 1. The average Bonchev–Trinajstić information content (AvgIpc) is 2.30. The molecule has 0 bridgehead atoms. The Balaban J connectivity index is 2.83. The van der Waals surface area contributed by atoms with Crippen LogP contribution in [0.1, 0.15) is 0 Å². The molecule has 1 aromatic rings. The van der Waals surface area contributed by atoms with Crippen LogP contribution >= 0.6 is 39.1 Å². The number of anilines is 1. The second-order valence-electron chi connectivity index (χ2n) is 2.89. The van der Waals surface area contributed by atoms with Crippen LogP contribution in [0.5, 0.6) is 0 Å². The first-order valence-corrected chi connectivity index (χ1v) is 5.82. The highest BCUT2D eigenvalue weighted by Gasteiger charge is 2.17. The summed E-state index contributed by atoms with van der Waals surface area (Å²) in [4.78, 5) is 22.0. The molecule has 0 unspecified atom stereocenters. The maximum Gasteiger partial charge on any atom is 0.349 e. The molecule has 17 heavy (non-hydrogen) atoms. The zero-order chi connectivity index (χ0) is 13.0. The quantitative estimate of drug-likeness (QED) is 0.832. The predicted molar refractivity (Wildman–Crippen MR) is 69.1 cm³/mol. The molecule has 0 aliphatic rings. The van der Waals surface area contributed by atoms with E-state index >= 15 is 0 Å². The number of halogens is 3. The standard InChI is InChI=1S/C10H6BrCl2NO3/c11-5-1-3-6(4-2-5)14-9(15)7(12)8(13)10(16)17/h1-4H,(H,14,15)(H,16,17)/b8-7+. The fourth-order valence-electron chi connectivity index (χ4n) is 0.913. The number of carboxylic acids is 1. The van der Waals surface area contributed by atoms with Crippen molar-refractivity contribution in [1.82, 2.24) is 0 Å². The van der Waals surface area contributed by atoms with E-state index in [-0.39, 0.29) is 0 Å². The highest BCUT2D eigenvalue weighted by Crippen LogP contribution is 2.18. The van der Waals surface area contributed by atoms with Crippen molar-refractivity contribution in [2.75, 3.05) is 5.32 Å². The van der Waals surface area contributed by atoms with Crippen LogP contribution in [0.3, 0.4) is 0 Å². The van der Waals surface area contributed by atoms with Crippen molar-refractivity contribution in [3.05, 3.63) is 38.8 Å². The molecule has 1 aromatic carbocycles. The van der Waals surface area contributed by atoms with Gasteiger partial charge >= 0.3 is 5.97 Å². The van der Waals surface area contributed by atoms with Crippen LogP contribution in [0.4, 0.5) is 5.69 Å². The lowest BCUT2D eigenvalue weighted by molar-refractivity contribution is -0.132. The summed E-state index contributed by atoms with van der Waals surface area (Å²) in [6, 6.07) is 6.68. The normalized spacial score (nSPS) is 11.7. The summed E-state index contributed by atoms with van der Waals surface area (Å²) >= 11 is 14.1. The van der Waals surface area contributed by atoms with Gasteiger partial charge in [0.15, 0.2) is 0 Å². The molecule has 90 valence electrons. The molecule has 0 aliphatic carbocycles. The molecule has 0 saturated heterocycles. The predicted octanol–water partition coefficient (Wildman–Crippen LogP) is 3.16. The molecule has 1 amide bonds. The summed E-state index contributed by atoms with van der Waals surface area (Å²) in [5.74, 6) is -2.23. The molecule has 4 nitrogen and oxygen atoms in total. The van der Waals surface area contributed by atoms with Gasteiger partial charge in [-0.1, -0.05) is 39.1 Å². The van der Waals surface area contributed by atoms with E-state index in [1.54, 1.807) is 24.3 Å². The first kappa shape index (κ1) is 14.0. The number of benzene rings is 1. The van der Waals surface area contributed by atoms with Gasteiger partial charge < -0.3 is 10.4 Å². The van der Waals surface area contributed by atoms with Gasteiger partial charge in [0, 0.05) is 10.2 Å². The van der Waals surface area contributed by atoms with Crippen LogP contribution in [0.15, 0.2) is 38.8 Å². The molecule has 0 spiro atoms. The third-order valence-corrected chi connectivity index (χ3v) is 3.02. The lowest BCUT2D eigenvalue weighted by Crippen LogP contribution is -2.14. The molecule has 7 heteroatoms. The van der Waals surface area contributed by atoms with Gasteiger partial charge in [0.1, 0.15) is 10.1 Å². The third kappa shape index (κ3) is 4.03. The monoisotopic (exact) mass is 337 g/mol. The molecule has 0 fully saturated rings. The minimum absolute atomic E-state index is 0.478. The molecule has 0 saturated carbocycles. The van der Waals surface area contributed by atoms with E-state index in [1.807, 2.05) is 0 Å². The number of carbonyl (C=O) groups is 2. The number of nitrogens with one attached hydrogen (secondary N) is 1. The van der Waals surface area contributed by atoms with E-state index in [0.717, 1.165) is 4.47 Å². The van der Waals surface area contributed by atoms with E-state index < -0.39 is 21.9 Å². The van der Waals surface area contributed by atoms with E-state index in [1.165, 1.54) is 0 Å². The maximum absolute atomic E-state index is 11.5. The molecule has 0 atom stereocenters. The van der Waals surface area contributed by atoms with Crippen molar-refractivity contribution in [3.8, 4) is 0 Å². The smallest absolute Gasteiger partial charge is 0.349 e. The van der Waals surface area contributed by atoms with Gasteiger partial charge in [-0.2, -0.15) is 0 Å². The van der Waals surface area contributed by atoms with Crippen molar-refractivity contribution in [2.45, 2.75) is 0 Å². The highest BCUT2D eigenvalue weighted by molar-refractivity contribution is 9.10. The molecule has 2 N–H and O–H groups in total. The van der Waals surface area contributed by atoms with Crippen LogP contribution < -0.4 is 5.32 Å². The largest absolute Gasteiger partial charge is 0.477 e. The molecule has 0 aromatic heterocycles. The van der Waals surface area contributed by atoms with Gasteiger partial charge in [0.2, 0.25) is 0 Å². The van der Waals surface area contributed by atoms with Crippen LogP contribution in [0, 0.1) is 0 Å². The Morgan fingerprint density at radius 1 is 1.12 bits per heavy atom. The summed E-state index contributed by atoms with van der Waals surface area (Å²) in [7, 11) is 0. The Kier molecular flexibility index (Phi) is 4.99. The Labute approximate surface area is 115 Å². The summed E-state index contributed by atoms with van der Waals surface area (Å²) in [5.41, 5.74) is 0.478. The fourth-order valence-corrected chi connectivity index (χ4v) is 1.39. The lowest BCUT2D eigenvalue weighted by atomic mass is 10.3. The first-order valence-electron chi connectivity index (χ1n) is 4.27. The second kappa shape index (κ2) is 6.05. The van der Waals surface area contributed by atoms with Gasteiger partial charge in [-0.15, -0.1) is 0 Å². The zero-order valence-electron chi connectivity index (χ0n) is 8.21. The number of carbonyl (C=O) groups excluding carboxylic acids is 1. The molecule has 1 rings (SSSR count). The molecule has 0 radical (unpaired) electrons. The zero-order valence-corrected chi connectivity index (χ0v) is 11.3. The number of aliphatic carboxylic acids is 1. The number of hydrogen-bond acceptors (Lipinski definition) is 2. The van der Waals surface area contributed by atoms with Crippen molar-refractivity contribution >= 4 is 56.7 Å².